The third-order valence-corrected chi connectivity index (χ3v) is 4.66. The molecule has 1 fully saturated rings. The molecule has 0 spiro atoms. The van der Waals surface area contributed by atoms with E-state index in [1.165, 1.54) is 25.7 Å². The molecule has 0 saturated heterocycles. The highest BCUT2D eigenvalue weighted by Gasteiger charge is 2.30. The number of hydrogen-bond acceptors (Lipinski definition) is 5. The molecule has 1 N–H and O–H groups in total. The van der Waals surface area contributed by atoms with Gasteiger partial charge in [0.15, 0.2) is 11.6 Å². The lowest BCUT2D eigenvalue weighted by atomic mass is 9.71. The molecule has 0 bridgehead atoms. The van der Waals surface area contributed by atoms with Crippen LogP contribution in [0.4, 0.5) is 5.82 Å². The van der Waals surface area contributed by atoms with E-state index in [1.807, 2.05) is 0 Å². The van der Waals surface area contributed by atoms with E-state index >= 15 is 0 Å². The van der Waals surface area contributed by atoms with Crippen molar-refractivity contribution in [3.63, 3.8) is 0 Å². The standard InChI is InChI=1S/C17H29N3O2/c1-17(2,3)12-6-8-13(9-7-12)20-16-15(22-5)14(10-21-4)18-11-19-16/h11-13H,6-10H2,1-5H3,(H,18,19,20)/t12-,13+. The maximum absolute atomic E-state index is 5.48. The predicted octanol–water partition coefficient (Wildman–Crippen LogP) is 3.65. The molecule has 1 aliphatic carbocycles. The zero-order valence-electron chi connectivity index (χ0n) is 14.5. The Hall–Kier alpha value is -1.36. The highest BCUT2D eigenvalue weighted by molar-refractivity contribution is 5.52. The molecule has 1 saturated carbocycles. The molecule has 1 aromatic rings. The second-order valence-electron chi connectivity index (χ2n) is 7.19. The maximum Gasteiger partial charge on any atom is 0.185 e. The van der Waals surface area contributed by atoms with Crippen LogP contribution in [0.15, 0.2) is 6.33 Å². The van der Waals surface area contributed by atoms with Crippen LogP contribution in [-0.4, -0.2) is 30.2 Å². The van der Waals surface area contributed by atoms with Gasteiger partial charge in [-0.25, -0.2) is 9.97 Å². The molecule has 2 rings (SSSR count). The van der Waals surface area contributed by atoms with Crippen molar-refractivity contribution in [3.8, 4) is 5.75 Å². The van der Waals surface area contributed by atoms with Crippen LogP contribution in [-0.2, 0) is 11.3 Å². The van der Waals surface area contributed by atoms with Crippen LogP contribution in [0, 0.1) is 11.3 Å². The summed E-state index contributed by atoms with van der Waals surface area (Å²) in [5, 5.41) is 3.54. The van der Waals surface area contributed by atoms with Crippen molar-refractivity contribution >= 4 is 5.82 Å². The second-order valence-corrected chi connectivity index (χ2v) is 7.19. The summed E-state index contributed by atoms with van der Waals surface area (Å²) in [7, 11) is 3.31. The summed E-state index contributed by atoms with van der Waals surface area (Å²) in [5.74, 6) is 2.29. The van der Waals surface area contributed by atoms with Gasteiger partial charge in [-0.2, -0.15) is 0 Å². The fraction of sp³-hybridized carbons (Fsp3) is 0.765. The Morgan fingerprint density at radius 2 is 1.82 bits per heavy atom. The Morgan fingerprint density at radius 1 is 1.14 bits per heavy atom. The van der Waals surface area contributed by atoms with Gasteiger partial charge in [-0.3, -0.25) is 0 Å². The van der Waals surface area contributed by atoms with Gasteiger partial charge in [0.25, 0.3) is 0 Å². The Bertz CT molecular complexity index is 477. The molecule has 22 heavy (non-hydrogen) atoms. The average Bonchev–Trinajstić information content (AvgIpc) is 2.47. The molecular weight excluding hydrogens is 278 g/mol. The van der Waals surface area contributed by atoms with Gasteiger partial charge in [0, 0.05) is 13.2 Å². The number of nitrogens with zero attached hydrogens (tertiary/aromatic N) is 2. The van der Waals surface area contributed by atoms with Crippen molar-refractivity contribution < 1.29 is 9.47 Å². The van der Waals surface area contributed by atoms with Crippen LogP contribution in [0.3, 0.4) is 0 Å². The molecule has 0 radical (unpaired) electrons. The van der Waals surface area contributed by atoms with Gasteiger partial charge < -0.3 is 14.8 Å². The van der Waals surface area contributed by atoms with Crippen LogP contribution in [0.5, 0.6) is 5.75 Å². The van der Waals surface area contributed by atoms with E-state index in [9.17, 15) is 0 Å². The van der Waals surface area contributed by atoms with Crippen molar-refractivity contribution in [2.75, 3.05) is 19.5 Å². The van der Waals surface area contributed by atoms with Crippen molar-refractivity contribution in [3.05, 3.63) is 12.0 Å². The van der Waals surface area contributed by atoms with Gasteiger partial charge in [0.1, 0.15) is 12.0 Å². The third kappa shape index (κ3) is 4.09. The molecule has 5 nitrogen and oxygen atoms in total. The van der Waals surface area contributed by atoms with E-state index in [2.05, 4.69) is 36.1 Å². The quantitative estimate of drug-likeness (QED) is 0.900. The van der Waals surface area contributed by atoms with Gasteiger partial charge in [0.2, 0.25) is 0 Å². The fourth-order valence-electron chi connectivity index (χ4n) is 3.26. The summed E-state index contributed by atoms with van der Waals surface area (Å²) in [4.78, 5) is 8.59. The number of aromatic nitrogens is 2. The smallest absolute Gasteiger partial charge is 0.185 e. The summed E-state index contributed by atoms with van der Waals surface area (Å²) in [6, 6.07) is 0.456. The molecule has 1 aliphatic rings. The summed E-state index contributed by atoms with van der Waals surface area (Å²) < 4.78 is 10.6. The van der Waals surface area contributed by atoms with Crippen LogP contribution in [0.25, 0.3) is 0 Å². The van der Waals surface area contributed by atoms with Crippen molar-refractivity contribution in [1.29, 1.82) is 0 Å². The molecule has 0 aliphatic heterocycles. The average molecular weight is 307 g/mol. The molecule has 0 aromatic carbocycles. The Morgan fingerprint density at radius 3 is 2.36 bits per heavy atom. The lowest BCUT2D eigenvalue weighted by Crippen LogP contribution is -2.32. The van der Waals surface area contributed by atoms with Crippen molar-refractivity contribution in [2.24, 2.45) is 11.3 Å². The van der Waals surface area contributed by atoms with Gasteiger partial charge in [-0.15, -0.1) is 0 Å². The van der Waals surface area contributed by atoms with Crippen LogP contribution >= 0.6 is 0 Å². The molecule has 5 heteroatoms. The molecular formula is C17H29N3O2. The van der Waals surface area contributed by atoms with Gasteiger partial charge in [-0.1, -0.05) is 20.8 Å². The number of ether oxygens (including phenoxy) is 2. The van der Waals surface area contributed by atoms with Crippen LogP contribution in [0.1, 0.15) is 52.1 Å². The van der Waals surface area contributed by atoms with Crippen LogP contribution < -0.4 is 10.1 Å². The lowest BCUT2D eigenvalue weighted by Gasteiger charge is -2.37. The maximum atomic E-state index is 5.48. The Kier molecular flexibility index (Phi) is 5.62. The first-order valence-corrected chi connectivity index (χ1v) is 8.09. The monoisotopic (exact) mass is 307 g/mol. The zero-order valence-corrected chi connectivity index (χ0v) is 14.5. The minimum Gasteiger partial charge on any atom is -0.491 e. The Labute approximate surface area is 133 Å². The first-order chi connectivity index (χ1) is 10.5. The van der Waals surface area contributed by atoms with E-state index in [1.54, 1.807) is 20.5 Å². The molecule has 0 unspecified atom stereocenters. The SMILES string of the molecule is COCc1ncnc(N[C@H]2CC[C@@H](C(C)(C)C)CC2)c1OC. The highest BCUT2D eigenvalue weighted by Crippen LogP contribution is 2.39. The summed E-state index contributed by atoms with van der Waals surface area (Å²) in [6.07, 6.45) is 6.45. The molecule has 1 aromatic heterocycles. The Balaban J connectivity index is 2.02. The zero-order chi connectivity index (χ0) is 16.2. The minimum atomic E-state index is 0.406. The molecule has 124 valence electrons. The highest BCUT2D eigenvalue weighted by atomic mass is 16.5. The molecule has 0 amide bonds. The summed E-state index contributed by atoms with van der Waals surface area (Å²) in [6.45, 7) is 7.46. The number of nitrogens with one attached hydrogen (secondary N) is 1. The predicted molar refractivity (Wildman–Crippen MR) is 88.1 cm³/mol. The third-order valence-electron chi connectivity index (χ3n) is 4.66. The minimum absolute atomic E-state index is 0.406. The summed E-state index contributed by atoms with van der Waals surface area (Å²) in [5.41, 5.74) is 1.19. The normalized spacial score (nSPS) is 22.4. The van der Waals surface area contributed by atoms with Gasteiger partial charge in [-0.05, 0) is 37.0 Å². The number of hydrogen-bond donors (Lipinski definition) is 1. The molecule has 1 heterocycles. The van der Waals surface area contributed by atoms with E-state index in [0.717, 1.165) is 17.4 Å². The van der Waals surface area contributed by atoms with Crippen molar-refractivity contribution in [1.82, 2.24) is 9.97 Å². The topological polar surface area (TPSA) is 56.3 Å². The summed E-state index contributed by atoms with van der Waals surface area (Å²) >= 11 is 0. The first-order valence-electron chi connectivity index (χ1n) is 8.09. The van der Waals surface area contributed by atoms with E-state index in [4.69, 9.17) is 9.47 Å². The van der Waals surface area contributed by atoms with E-state index in [-0.39, 0.29) is 0 Å². The number of anilines is 1. The second kappa shape index (κ2) is 7.27. The molecule has 0 atom stereocenters. The van der Waals surface area contributed by atoms with Gasteiger partial charge in [0.05, 0.1) is 13.7 Å². The van der Waals surface area contributed by atoms with E-state index in [0.29, 0.717) is 23.8 Å². The van der Waals surface area contributed by atoms with Gasteiger partial charge >= 0.3 is 0 Å². The van der Waals surface area contributed by atoms with Crippen molar-refractivity contribution in [2.45, 2.75) is 59.1 Å². The largest absolute Gasteiger partial charge is 0.491 e. The van der Waals surface area contributed by atoms with Crippen LogP contribution in [0.2, 0.25) is 0 Å². The number of methoxy groups -OCH3 is 2. The first kappa shape index (κ1) is 17.0. The van der Waals surface area contributed by atoms with E-state index < -0.39 is 0 Å². The fourth-order valence-corrected chi connectivity index (χ4v) is 3.26. The lowest BCUT2D eigenvalue weighted by molar-refractivity contribution is 0.173. The number of rotatable bonds is 5.